The first-order valence-corrected chi connectivity index (χ1v) is 10.6. The second-order valence-electron chi connectivity index (χ2n) is 6.04. The fraction of sp³-hybridized carbons (Fsp3) is 1.00. The van der Waals surface area contributed by atoms with E-state index in [0.29, 0.717) is 6.42 Å². The van der Waals surface area contributed by atoms with Gasteiger partial charge in [-0.3, -0.25) is 4.52 Å². The van der Waals surface area contributed by atoms with E-state index < -0.39 is 7.82 Å². The second kappa shape index (κ2) is 20.3. The molecule has 0 bridgehead atoms. The summed E-state index contributed by atoms with van der Waals surface area (Å²) in [5.41, 5.74) is 0. The third-order valence-corrected chi connectivity index (χ3v) is 4.85. The molecule has 0 atom stereocenters. The topological polar surface area (TPSA) is 85.2 Å². The van der Waals surface area contributed by atoms with Gasteiger partial charge in [-0.1, -0.05) is 90.4 Å². The molecular formula is C16H35NaO6P. The Morgan fingerprint density at radius 3 is 1.33 bits per heavy atom. The second-order valence-corrected chi connectivity index (χ2v) is 7.52. The van der Waals surface area contributed by atoms with Crippen LogP contribution in [-0.2, 0) is 18.4 Å². The minimum Gasteiger partial charge on any atom is -0.284 e. The van der Waals surface area contributed by atoms with Crippen molar-refractivity contribution in [1.29, 1.82) is 0 Å². The van der Waals surface area contributed by atoms with Crippen molar-refractivity contribution in [1.82, 2.24) is 0 Å². The smallest absolute Gasteiger partial charge is 0.284 e. The third-order valence-electron chi connectivity index (χ3n) is 3.95. The average Bonchev–Trinajstić information content (AvgIpc) is 2.58. The molecule has 6 nitrogen and oxygen atoms in total. The summed E-state index contributed by atoms with van der Waals surface area (Å²) in [6, 6.07) is 0. The van der Waals surface area contributed by atoms with E-state index in [1.54, 1.807) is 0 Å². The van der Waals surface area contributed by atoms with Crippen LogP contribution in [0.3, 0.4) is 0 Å². The maximum absolute atomic E-state index is 11.1. The number of unbranched alkanes of at least 4 members (excludes halogenated alkanes) is 13. The van der Waals surface area contributed by atoms with Gasteiger partial charge in [0.1, 0.15) is 0 Å². The number of hydrogen-bond acceptors (Lipinski definition) is 6. The molecule has 0 spiro atoms. The molecular weight excluding hydrogens is 342 g/mol. The third kappa shape index (κ3) is 17.8. The monoisotopic (exact) mass is 377 g/mol. The predicted octanol–water partition coefficient (Wildman–Crippen LogP) is 6.19. The summed E-state index contributed by atoms with van der Waals surface area (Å²) in [5.74, 6) is 0. The van der Waals surface area contributed by atoms with E-state index in [4.69, 9.17) is 10.5 Å². The van der Waals surface area contributed by atoms with Gasteiger partial charge in [0.05, 0.1) is 6.61 Å². The molecule has 0 fully saturated rings. The average molecular weight is 377 g/mol. The summed E-state index contributed by atoms with van der Waals surface area (Å²) in [6.45, 7) is 2.37. The molecule has 0 amide bonds. The van der Waals surface area contributed by atoms with Crippen molar-refractivity contribution in [3.05, 3.63) is 0 Å². The van der Waals surface area contributed by atoms with Crippen LogP contribution in [0.5, 0.6) is 0 Å². The van der Waals surface area contributed by atoms with E-state index in [-0.39, 0.29) is 36.2 Å². The zero-order valence-electron chi connectivity index (χ0n) is 15.6. The van der Waals surface area contributed by atoms with E-state index in [0.717, 1.165) is 12.8 Å². The molecule has 0 aliphatic carbocycles. The summed E-state index contributed by atoms with van der Waals surface area (Å²) in [7, 11) is -4.16. The van der Waals surface area contributed by atoms with Crippen molar-refractivity contribution in [3.8, 4) is 0 Å². The van der Waals surface area contributed by atoms with Crippen LogP contribution < -0.4 is 0 Å². The van der Waals surface area contributed by atoms with Crippen LogP contribution in [0.4, 0.5) is 0 Å². The fourth-order valence-corrected chi connectivity index (χ4v) is 3.01. The van der Waals surface area contributed by atoms with E-state index >= 15 is 0 Å². The maximum Gasteiger partial charge on any atom is 0.529 e. The van der Waals surface area contributed by atoms with Crippen molar-refractivity contribution < 1.29 is 29.0 Å². The summed E-state index contributed by atoms with van der Waals surface area (Å²) >= 11 is 0. The van der Waals surface area contributed by atoms with Crippen molar-refractivity contribution in [2.75, 3.05) is 6.61 Å². The molecule has 0 aromatic heterocycles. The Labute approximate surface area is 169 Å². The molecule has 1 radical (unpaired) electrons. The van der Waals surface area contributed by atoms with Gasteiger partial charge < -0.3 is 0 Å². The number of rotatable bonds is 18. The van der Waals surface area contributed by atoms with Crippen LogP contribution in [0.25, 0.3) is 0 Å². The zero-order chi connectivity index (χ0) is 17.2. The Kier molecular flexibility index (Phi) is 23.1. The van der Waals surface area contributed by atoms with E-state index in [2.05, 4.69) is 20.8 Å². The van der Waals surface area contributed by atoms with Gasteiger partial charge >= 0.3 is 7.82 Å². The fourth-order valence-electron chi connectivity index (χ4n) is 2.54. The standard InChI is InChI=1S/C16H35O6P.Na/c1-2-3-4-5-6-7-8-9-10-11-12-13-14-15-16-20-23(19,21-17)22-18;/h17-18H,2-16H2,1H3;. The molecule has 0 saturated carbocycles. The van der Waals surface area contributed by atoms with Gasteiger partial charge in [0.2, 0.25) is 0 Å². The molecule has 0 aromatic carbocycles. The summed E-state index contributed by atoms with van der Waals surface area (Å²) in [4.78, 5) is 0. The van der Waals surface area contributed by atoms with Gasteiger partial charge in [0.25, 0.3) is 0 Å². The summed E-state index contributed by atoms with van der Waals surface area (Å²) in [5, 5.41) is 16.5. The van der Waals surface area contributed by atoms with Crippen molar-refractivity contribution in [3.63, 3.8) is 0 Å². The quantitative estimate of drug-likeness (QED) is 0.0974. The van der Waals surface area contributed by atoms with Crippen molar-refractivity contribution in [2.24, 2.45) is 0 Å². The SMILES string of the molecule is CCCCCCCCCCCCCCCCOP(=O)(OO)OO.[Na]. The Morgan fingerprint density at radius 2 is 1.00 bits per heavy atom. The molecule has 0 saturated heterocycles. The van der Waals surface area contributed by atoms with Gasteiger partial charge in [0, 0.05) is 29.6 Å². The van der Waals surface area contributed by atoms with Gasteiger partial charge in [0.15, 0.2) is 0 Å². The molecule has 0 aliphatic heterocycles. The molecule has 0 unspecified atom stereocenters. The van der Waals surface area contributed by atoms with Crippen molar-refractivity contribution >= 4 is 37.4 Å². The van der Waals surface area contributed by atoms with Crippen LogP contribution in [0.15, 0.2) is 0 Å². The Hall–Kier alpha value is 1.03. The summed E-state index contributed by atoms with van der Waals surface area (Å²) < 4.78 is 22.7. The first-order valence-electron chi connectivity index (χ1n) is 9.09. The van der Waals surface area contributed by atoms with Gasteiger partial charge in [-0.05, 0) is 6.42 Å². The molecule has 24 heavy (non-hydrogen) atoms. The predicted molar refractivity (Wildman–Crippen MR) is 97.1 cm³/mol. The Bertz CT molecular complexity index is 286. The maximum atomic E-state index is 11.1. The minimum absolute atomic E-state index is 0. The van der Waals surface area contributed by atoms with Crippen LogP contribution in [0.2, 0.25) is 0 Å². The first kappa shape index (κ1) is 27.3. The van der Waals surface area contributed by atoms with Crippen LogP contribution in [0.1, 0.15) is 96.8 Å². The number of phosphoric acid groups is 1. The largest absolute Gasteiger partial charge is 0.529 e. The van der Waals surface area contributed by atoms with Crippen molar-refractivity contribution in [2.45, 2.75) is 96.8 Å². The molecule has 2 N–H and O–H groups in total. The van der Waals surface area contributed by atoms with Crippen LogP contribution >= 0.6 is 7.82 Å². The first-order chi connectivity index (χ1) is 11.2. The van der Waals surface area contributed by atoms with Crippen LogP contribution in [0, 0.1) is 0 Å². The summed E-state index contributed by atoms with van der Waals surface area (Å²) in [6.07, 6.45) is 17.4. The molecule has 0 heterocycles. The minimum atomic E-state index is -4.16. The van der Waals surface area contributed by atoms with Crippen LogP contribution in [-0.4, -0.2) is 46.7 Å². The Balaban J connectivity index is 0. The van der Waals surface area contributed by atoms with Gasteiger partial charge in [-0.25, -0.2) is 15.1 Å². The van der Waals surface area contributed by atoms with E-state index in [9.17, 15) is 4.57 Å². The zero-order valence-corrected chi connectivity index (χ0v) is 18.5. The molecule has 8 heteroatoms. The van der Waals surface area contributed by atoms with Gasteiger partial charge in [-0.2, -0.15) is 0 Å². The molecule has 141 valence electrons. The van der Waals surface area contributed by atoms with E-state index in [1.807, 2.05) is 0 Å². The molecule has 0 rings (SSSR count). The molecule has 0 aromatic rings. The Morgan fingerprint density at radius 1 is 0.667 bits per heavy atom. The van der Waals surface area contributed by atoms with E-state index in [1.165, 1.54) is 70.6 Å². The van der Waals surface area contributed by atoms with Gasteiger partial charge in [-0.15, -0.1) is 9.35 Å². The molecule has 0 aliphatic rings. The normalized spacial score (nSPS) is 11.5. The number of hydrogen-bond donors (Lipinski definition) is 2.